The zero-order valence-corrected chi connectivity index (χ0v) is 15.1. The highest BCUT2D eigenvalue weighted by Gasteiger charge is 2.18. The summed E-state index contributed by atoms with van der Waals surface area (Å²) < 4.78 is 24.4. The smallest absolute Gasteiger partial charge is 0.268 e. The quantitative estimate of drug-likeness (QED) is 0.892. The number of rotatable bonds is 4. The van der Waals surface area contributed by atoms with E-state index in [1.807, 2.05) is 0 Å². The number of halogens is 2. The second-order valence-corrected chi connectivity index (χ2v) is 8.04. The van der Waals surface area contributed by atoms with Crippen LogP contribution in [0.1, 0.15) is 29.0 Å². The Kier molecular flexibility index (Phi) is 5.08. The first-order chi connectivity index (χ1) is 10.6. The molecule has 1 N–H and O–H groups in total. The minimum atomic E-state index is -3.24. The molecule has 23 heavy (non-hydrogen) atoms. The molecule has 1 unspecified atom stereocenters. The second kappa shape index (κ2) is 6.55. The first-order valence-electron chi connectivity index (χ1n) is 6.73. The molecule has 0 radical (unpaired) electrons. The lowest BCUT2D eigenvalue weighted by Crippen LogP contribution is -2.28. The van der Waals surface area contributed by atoms with E-state index in [9.17, 15) is 13.2 Å². The Morgan fingerprint density at radius 1 is 1.22 bits per heavy atom. The summed E-state index contributed by atoms with van der Waals surface area (Å²) in [4.78, 5) is 12.5. The van der Waals surface area contributed by atoms with Crippen LogP contribution in [0.3, 0.4) is 0 Å². The van der Waals surface area contributed by atoms with E-state index >= 15 is 0 Å². The molecule has 0 fully saturated rings. The molecule has 0 aliphatic heterocycles. The topological polar surface area (TPSA) is 68.2 Å². The van der Waals surface area contributed by atoms with Crippen LogP contribution in [-0.4, -0.2) is 25.1 Å². The standard InChI is InChI=1S/C15H16Cl2N2O3S/c1-9(10-4-6-11(7-5-10)23(3,21)22)18-15(20)13-8-12(16)14(17)19(13)2/h4-9H,1-3H3,(H,18,20). The third-order valence-corrected chi connectivity index (χ3v) is 5.48. The van der Waals surface area contributed by atoms with Crippen molar-refractivity contribution in [3.05, 3.63) is 51.8 Å². The highest BCUT2D eigenvalue weighted by atomic mass is 35.5. The van der Waals surface area contributed by atoms with Crippen molar-refractivity contribution in [2.24, 2.45) is 7.05 Å². The van der Waals surface area contributed by atoms with Gasteiger partial charge in [-0.1, -0.05) is 35.3 Å². The monoisotopic (exact) mass is 374 g/mol. The van der Waals surface area contributed by atoms with E-state index in [2.05, 4.69) is 5.32 Å². The maximum atomic E-state index is 12.3. The predicted molar refractivity (Wildman–Crippen MR) is 90.9 cm³/mol. The number of sulfone groups is 1. The van der Waals surface area contributed by atoms with Gasteiger partial charge in [0.15, 0.2) is 9.84 Å². The number of nitrogens with one attached hydrogen (secondary N) is 1. The van der Waals surface area contributed by atoms with Gasteiger partial charge in [-0.15, -0.1) is 0 Å². The maximum Gasteiger partial charge on any atom is 0.268 e. The summed E-state index contributed by atoms with van der Waals surface area (Å²) in [5.74, 6) is -0.319. The molecule has 1 aromatic heterocycles. The lowest BCUT2D eigenvalue weighted by molar-refractivity contribution is 0.0931. The molecule has 0 aliphatic carbocycles. The highest BCUT2D eigenvalue weighted by molar-refractivity contribution is 7.90. The van der Waals surface area contributed by atoms with Gasteiger partial charge in [0.1, 0.15) is 10.8 Å². The molecule has 1 heterocycles. The summed E-state index contributed by atoms with van der Waals surface area (Å²) in [5, 5.41) is 3.43. The van der Waals surface area contributed by atoms with Crippen LogP contribution >= 0.6 is 23.2 Å². The van der Waals surface area contributed by atoms with Gasteiger partial charge in [0, 0.05) is 13.3 Å². The third-order valence-electron chi connectivity index (χ3n) is 3.50. The summed E-state index contributed by atoms with van der Waals surface area (Å²) in [6, 6.07) is 7.58. The molecule has 2 aromatic rings. The largest absolute Gasteiger partial charge is 0.344 e. The second-order valence-electron chi connectivity index (χ2n) is 5.26. The van der Waals surface area contributed by atoms with Crippen molar-refractivity contribution >= 4 is 38.9 Å². The number of aromatic nitrogens is 1. The number of hydrogen-bond acceptors (Lipinski definition) is 3. The summed E-state index contributed by atoms with van der Waals surface area (Å²) in [5.41, 5.74) is 1.14. The Morgan fingerprint density at radius 2 is 1.78 bits per heavy atom. The summed E-state index contributed by atoms with van der Waals surface area (Å²) in [6.45, 7) is 1.81. The minimum Gasteiger partial charge on any atom is -0.344 e. The van der Waals surface area contributed by atoms with Crippen molar-refractivity contribution in [2.45, 2.75) is 17.9 Å². The SMILES string of the molecule is CC(NC(=O)c1cc(Cl)c(Cl)n1C)c1ccc(S(C)(=O)=O)cc1. The third kappa shape index (κ3) is 3.88. The van der Waals surface area contributed by atoms with Gasteiger partial charge in [-0.05, 0) is 30.7 Å². The Hall–Kier alpha value is -1.50. The van der Waals surface area contributed by atoms with E-state index in [1.165, 1.54) is 22.8 Å². The van der Waals surface area contributed by atoms with Crippen LogP contribution in [0.2, 0.25) is 10.2 Å². The van der Waals surface area contributed by atoms with Crippen molar-refractivity contribution in [3.63, 3.8) is 0 Å². The number of nitrogens with zero attached hydrogens (tertiary/aromatic N) is 1. The number of benzene rings is 1. The Morgan fingerprint density at radius 3 is 2.22 bits per heavy atom. The van der Waals surface area contributed by atoms with Gasteiger partial charge in [0.2, 0.25) is 0 Å². The number of carbonyl (C=O) groups is 1. The van der Waals surface area contributed by atoms with Crippen molar-refractivity contribution in [1.29, 1.82) is 0 Å². The van der Waals surface area contributed by atoms with Crippen molar-refractivity contribution < 1.29 is 13.2 Å². The highest BCUT2D eigenvalue weighted by Crippen LogP contribution is 2.25. The Balaban J connectivity index is 2.16. The van der Waals surface area contributed by atoms with Crippen LogP contribution in [0.4, 0.5) is 0 Å². The zero-order valence-electron chi connectivity index (χ0n) is 12.8. The van der Waals surface area contributed by atoms with Gasteiger partial charge in [0.05, 0.1) is 16.0 Å². The molecule has 0 spiro atoms. The van der Waals surface area contributed by atoms with Crippen molar-refractivity contribution in [2.75, 3.05) is 6.26 Å². The van der Waals surface area contributed by atoms with Gasteiger partial charge in [-0.3, -0.25) is 4.79 Å². The van der Waals surface area contributed by atoms with E-state index in [4.69, 9.17) is 23.2 Å². The van der Waals surface area contributed by atoms with E-state index in [1.54, 1.807) is 26.1 Å². The summed E-state index contributed by atoms with van der Waals surface area (Å²) in [6.07, 6.45) is 1.15. The van der Waals surface area contributed by atoms with Crippen LogP contribution in [0, 0.1) is 0 Å². The molecular weight excluding hydrogens is 359 g/mol. The van der Waals surface area contributed by atoms with E-state index < -0.39 is 9.84 Å². The van der Waals surface area contributed by atoms with Gasteiger partial charge in [-0.25, -0.2) is 8.42 Å². The van der Waals surface area contributed by atoms with Crippen molar-refractivity contribution in [3.8, 4) is 0 Å². The van der Waals surface area contributed by atoms with Crippen LogP contribution in [-0.2, 0) is 16.9 Å². The zero-order chi connectivity index (χ0) is 17.4. The van der Waals surface area contributed by atoms with E-state index in [0.717, 1.165) is 11.8 Å². The number of hydrogen-bond donors (Lipinski definition) is 1. The molecular formula is C15H16Cl2N2O3S. The summed E-state index contributed by atoms with van der Waals surface area (Å²) >= 11 is 11.9. The molecule has 5 nitrogen and oxygen atoms in total. The molecule has 0 saturated carbocycles. The van der Waals surface area contributed by atoms with Gasteiger partial charge in [-0.2, -0.15) is 0 Å². The molecule has 0 aliphatic rings. The van der Waals surface area contributed by atoms with Crippen LogP contribution in [0.25, 0.3) is 0 Å². The first kappa shape index (κ1) is 17.8. The minimum absolute atomic E-state index is 0.237. The van der Waals surface area contributed by atoms with Gasteiger partial charge < -0.3 is 9.88 Å². The molecule has 1 atom stereocenters. The normalized spacial score (nSPS) is 12.9. The van der Waals surface area contributed by atoms with Crippen LogP contribution < -0.4 is 5.32 Å². The Bertz CT molecular complexity index is 842. The molecule has 1 aromatic carbocycles. The van der Waals surface area contributed by atoms with E-state index in [0.29, 0.717) is 15.9 Å². The molecule has 8 heteroatoms. The molecule has 0 bridgehead atoms. The van der Waals surface area contributed by atoms with Crippen LogP contribution in [0.15, 0.2) is 35.2 Å². The van der Waals surface area contributed by atoms with E-state index in [-0.39, 0.29) is 16.8 Å². The molecule has 0 saturated heterocycles. The summed E-state index contributed by atoms with van der Waals surface area (Å²) in [7, 11) is -1.59. The average molecular weight is 375 g/mol. The molecule has 124 valence electrons. The lowest BCUT2D eigenvalue weighted by Gasteiger charge is -2.15. The molecule has 2 rings (SSSR count). The Labute approximate surface area is 145 Å². The van der Waals surface area contributed by atoms with Crippen LogP contribution in [0.5, 0.6) is 0 Å². The fourth-order valence-electron chi connectivity index (χ4n) is 2.12. The van der Waals surface area contributed by atoms with Gasteiger partial charge in [0.25, 0.3) is 5.91 Å². The number of carbonyl (C=O) groups excluding carboxylic acids is 1. The maximum absolute atomic E-state index is 12.3. The fourth-order valence-corrected chi connectivity index (χ4v) is 3.12. The number of amides is 1. The lowest BCUT2D eigenvalue weighted by atomic mass is 10.1. The predicted octanol–water partition coefficient (Wildman–Crippen LogP) is 3.23. The van der Waals surface area contributed by atoms with Crippen molar-refractivity contribution in [1.82, 2.24) is 9.88 Å². The first-order valence-corrected chi connectivity index (χ1v) is 9.37. The molecule has 1 amide bonds. The van der Waals surface area contributed by atoms with Gasteiger partial charge >= 0.3 is 0 Å². The average Bonchev–Trinajstić information content (AvgIpc) is 2.74. The fraction of sp³-hybridized carbons (Fsp3) is 0.267.